The lowest BCUT2D eigenvalue weighted by Gasteiger charge is -2.42. The third-order valence-electron chi connectivity index (χ3n) is 5.47. The highest BCUT2D eigenvalue weighted by molar-refractivity contribution is 5.74. The summed E-state index contributed by atoms with van der Waals surface area (Å²) in [5.41, 5.74) is 1.54. The SMILES string of the molecule is O=C(NCC1(c2ccccc2)CCC1)NC1CCCCCC1. The molecule has 0 radical (unpaired) electrons. The van der Waals surface area contributed by atoms with Gasteiger partial charge in [0.05, 0.1) is 0 Å². The zero-order chi connectivity index (χ0) is 15.3. The summed E-state index contributed by atoms with van der Waals surface area (Å²) in [5.74, 6) is 0. The van der Waals surface area contributed by atoms with Gasteiger partial charge in [0.1, 0.15) is 0 Å². The van der Waals surface area contributed by atoms with E-state index in [0.717, 1.165) is 19.4 Å². The van der Waals surface area contributed by atoms with E-state index < -0.39 is 0 Å². The first kappa shape index (κ1) is 15.4. The first-order valence-corrected chi connectivity index (χ1v) is 8.88. The normalized spacial score (nSPS) is 21.5. The van der Waals surface area contributed by atoms with Gasteiger partial charge in [0, 0.05) is 18.0 Å². The number of nitrogens with one attached hydrogen (secondary N) is 2. The van der Waals surface area contributed by atoms with Crippen molar-refractivity contribution in [2.24, 2.45) is 0 Å². The Balaban J connectivity index is 1.51. The number of benzene rings is 1. The number of amides is 2. The van der Waals surface area contributed by atoms with Crippen molar-refractivity contribution in [1.29, 1.82) is 0 Å². The highest BCUT2D eigenvalue weighted by Gasteiger charge is 2.38. The average Bonchev–Trinajstić information content (AvgIpc) is 2.76. The van der Waals surface area contributed by atoms with E-state index >= 15 is 0 Å². The fourth-order valence-electron chi connectivity index (χ4n) is 3.87. The van der Waals surface area contributed by atoms with Crippen LogP contribution in [0.1, 0.15) is 63.4 Å². The molecule has 3 rings (SSSR count). The third kappa shape index (κ3) is 3.63. The highest BCUT2D eigenvalue weighted by atomic mass is 16.2. The van der Waals surface area contributed by atoms with E-state index in [9.17, 15) is 4.79 Å². The molecule has 0 heterocycles. The van der Waals surface area contributed by atoms with Crippen molar-refractivity contribution in [2.45, 2.75) is 69.2 Å². The molecule has 2 aliphatic carbocycles. The molecule has 1 aromatic carbocycles. The Morgan fingerprint density at radius 2 is 1.68 bits per heavy atom. The van der Waals surface area contributed by atoms with Gasteiger partial charge >= 0.3 is 6.03 Å². The molecule has 120 valence electrons. The van der Waals surface area contributed by atoms with Crippen molar-refractivity contribution in [2.75, 3.05) is 6.54 Å². The Morgan fingerprint density at radius 3 is 2.27 bits per heavy atom. The van der Waals surface area contributed by atoms with Crippen LogP contribution in [-0.4, -0.2) is 18.6 Å². The van der Waals surface area contributed by atoms with Gasteiger partial charge in [-0.05, 0) is 31.2 Å². The Bertz CT molecular complexity index is 473. The fourth-order valence-corrected chi connectivity index (χ4v) is 3.87. The largest absolute Gasteiger partial charge is 0.337 e. The van der Waals surface area contributed by atoms with Crippen LogP contribution in [0.2, 0.25) is 0 Å². The molecule has 22 heavy (non-hydrogen) atoms. The van der Waals surface area contributed by atoms with E-state index in [0.29, 0.717) is 6.04 Å². The molecule has 0 aromatic heterocycles. The fraction of sp³-hybridized carbons (Fsp3) is 0.632. The minimum atomic E-state index is 0.0223. The van der Waals surface area contributed by atoms with Crippen LogP contribution in [0.5, 0.6) is 0 Å². The third-order valence-corrected chi connectivity index (χ3v) is 5.47. The molecule has 0 aliphatic heterocycles. The molecule has 1 aromatic rings. The predicted octanol–water partition coefficient (Wildman–Crippen LogP) is 4.13. The summed E-state index contributed by atoms with van der Waals surface area (Å²) in [7, 11) is 0. The molecule has 0 unspecified atom stereocenters. The standard InChI is InChI=1S/C19H28N2O/c22-18(21-17-11-6-1-2-7-12-17)20-15-19(13-8-14-19)16-9-4-3-5-10-16/h3-5,9-10,17H,1-2,6-8,11-15H2,(H2,20,21,22). The summed E-state index contributed by atoms with van der Waals surface area (Å²) in [4.78, 5) is 12.2. The maximum absolute atomic E-state index is 12.2. The van der Waals surface area contributed by atoms with Crippen LogP contribution in [-0.2, 0) is 5.41 Å². The second kappa shape index (κ2) is 7.17. The van der Waals surface area contributed by atoms with E-state index in [4.69, 9.17) is 0 Å². The quantitative estimate of drug-likeness (QED) is 0.807. The van der Waals surface area contributed by atoms with Crippen molar-refractivity contribution in [3.63, 3.8) is 0 Å². The van der Waals surface area contributed by atoms with Crippen molar-refractivity contribution in [3.05, 3.63) is 35.9 Å². The van der Waals surface area contributed by atoms with Crippen molar-refractivity contribution >= 4 is 6.03 Å². The Hall–Kier alpha value is -1.51. The van der Waals surface area contributed by atoms with Gasteiger partial charge in [-0.25, -0.2) is 4.79 Å². The summed E-state index contributed by atoms with van der Waals surface area (Å²) >= 11 is 0. The zero-order valence-corrected chi connectivity index (χ0v) is 13.4. The highest BCUT2D eigenvalue weighted by Crippen LogP contribution is 2.43. The average molecular weight is 300 g/mol. The molecule has 2 aliphatic rings. The maximum Gasteiger partial charge on any atom is 0.315 e. The van der Waals surface area contributed by atoms with E-state index in [1.165, 1.54) is 50.5 Å². The molecule has 0 bridgehead atoms. The van der Waals surface area contributed by atoms with Crippen LogP contribution < -0.4 is 10.6 Å². The lowest BCUT2D eigenvalue weighted by molar-refractivity contribution is 0.211. The molecular formula is C19H28N2O. The van der Waals surface area contributed by atoms with Crippen molar-refractivity contribution in [1.82, 2.24) is 10.6 Å². The van der Waals surface area contributed by atoms with Gasteiger partial charge in [-0.3, -0.25) is 0 Å². The summed E-state index contributed by atoms with van der Waals surface area (Å²) < 4.78 is 0. The molecule has 3 nitrogen and oxygen atoms in total. The monoisotopic (exact) mass is 300 g/mol. The van der Waals surface area contributed by atoms with Gasteiger partial charge in [0.15, 0.2) is 0 Å². The Kier molecular flexibility index (Phi) is 5.01. The number of carbonyl (C=O) groups is 1. The minimum absolute atomic E-state index is 0.0223. The predicted molar refractivity (Wildman–Crippen MR) is 90.0 cm³/mol. The molecule has 2 saturated carbocycles. The summed E-state index contributed by atoms with van der Waals surface area (Å²) in [6.45, 7) is 0.759. The van der Waals surface area contributed by atoms with E-state index in [1.54, 1.807) is 0 Å². The zero-order valence-electron chi connectivity index (χ0n) is 13.4. The Labute approximate surface area is 133 Å². The van der Waals surface area contributed by atoms with Gasteiger partial charge in [-0.2, -0.15) is 0 Å². The molecule has 0 saturated heterocycles. The Morgan fingerprint density at radius 1 is 1.00 bits per heavy atom. The van der Waals surface area contributed by atoms with Crippen LogP contribution in [0.15, 0.2) is 30.3 Å². The summed E-state index contributed by atoms with van der Waals surface area (Å²) in [5, 5.41) is 6.32. The van der Waals surface area contributed by atoms with Crippen molar-refractivity contribution in [3.8, 4) is 0 Å². The molecule has 2 fully saturated rings. The minimum Gasteiger partial charge on any atom is -0.337 e. The van der Waals surface area contributed by atoms with Gasteiger partial charge < -0.3 is 10.6 Å². The number of carbonyl (C=O) groups excluding carboxylic acids is 1. The van der Waals surface area contributed by atoms with Crippen LogP contribution in [0, 0.1) is 0 Å². The number of hydrogen-bond donors (Lipinski definition) is 2. The van der Waals surface area contributed by atoms with Crippen LogP contribution >= 0.6 is 0 Å². The molecule has 0 spiro atoms. The van der Waals surface area contributed by atoms with E-state index in [1.807, 2.05) is 0 Å². The second-order valence-corrected chi connectivity index (χ2v) is 7.02. The number of rotatable bonds is 4. The lowest BCUT2D eigenvalue weighted by atomic mass is 9.64. The van der Waals surface area contributed by atoms with E-state index in [2.05, 4.69) is 41.0 Å². The van der Waals surface area contributed by atoms with E-state index in [-0.39, 0.29) is 11.4 Å². The first-order chi connectivity index (χ1) is 10.8. The van der Waals surface area contributed by atoms with Crippen LogP contribution in [0.25, 0.3) is 0 Å². The topological polar surface area (TPSA) is 41.1 Å². The first-order valence-electron chi connectivity index (χ1n) is 8.88. The maximum atomic E-state index is 12.2. The number of hydrogen-bond acceptors (Lipinski definition) is 1. The van der Waals surface area contributed by atoms with Crippen molar-refractivity contribution < 1.29 is 4.79 Å². The van der Waals surface area contributed by atoms with Gasteiger partial charge in [-0.1, -0.05) is 62.4 Å². The number of urea groups is 1. The smallest absolute Gasteiger partial charge is 0.315 e. The molecule has 2 amide bonds. The second-order valence-electron chi connectivity index (χ2n) is 7.02. The summed E-state index contributed by atoms with van der Waals surface area (Å²) in [6.07, 6.45) is 11.0. The van der Waals surface area contributed by atoms with Crippen LogP contribution in [0.4, 0.5) is 4.79 Å². The molecule has 0 atom stereocenters. The lowest BCUT2D eigenvalue weighted by Crippen LogP contribution is -2.50. The van der Waals surface area contributed by atoms with Crippen LogP contribution in [0.3, 0.4) is 0 Å². The molecule has 2 N–H and O–H groups in total. The van der Waals surface area contributed by atoms with Gasteiger partial charge in [0.2, 0.25) is 0 Å². The summed E-state index contributed by atoms with van der Waals surface area (Å²) in [6, 6.07) is 11.0. The van der Waals surface area contributed by atoms with Gasteiger partial charge in [0.25, 0.3) is 0 Å². The molecular weight excluding hydrogens is 272 g/mol. The van der Waals surface area contributed by atoms with Gasteiger partial charge in [-0.15, -0.1) is 0 Å². The molecule has 3 heteroatoms.